The maximum atomic E-state index is 10.7. The summed E-state index contributed by atoms with van der Waals surface area (Å²) in [7, 11) is 0. The van der Waals surface area contributed by atoms with Crippen molar-refractivity contribution < 1.29 is 24.8 Å². The minimum Gasteiger partial charge on any atom is -0.508 e. The van der Waals surface area contributed by atoms with E-state index in [4.69, 9.17) is 9.47 Å². The monoisotopic (exact) mass is 388 g/mol. The zero-order valence-electron chi connectivity index (χ0n) is 17.3. The van der Waals surface area contributed by atoms with Crippen molar-refractivity contribution in [1.29, 1.82) is 0 Å². The number of phenolic OH excluding ortho intramolecular Hbond substituents is 1. The Morgan fingerprint density at radius 1 is 1.07 bits per heavy atom. The molecule has 2 fully saturated rings. The topological polar surface area (TPSA) is 79.2 Å². The lowest BCUT2D eigenvalue weighted by atomic mass is 9.43. The minimum absolute atomic E-state index is 0.108. The molecule has 0 saturated heterocycles. The van der Waals surface area contributed by atoms with Crippen molar-refractivity contribution >= 4 is 0 Å². The maximum absolute atomic E-state index is 10.7. The van der Waals surface area contributed by atoms with Gasteiger partial charge in [0.05, 0.1) is 6.10 Å². The molecule has 5 rings (SSSR count). The van der Waals surface area contributed by atoms with Crippen LogP contribution in [0, 0.1) is 22.7 Å². The van der Waals surface area contributed by atoms with Crippen molar-refractivity contribution in [3.05, 3.63) is 17.2 Å². The van der Waals surface area contributed by atoms with Gasteiger partial charge in [0, 0.05) is 29.4 Å². The Balaban J connectivity index is 1.63. The van der Waals surface area contributed by atoms with Crippen LogP contribution in [0.15, 0.2) is 6.07 Å². The fourth-order valence-corrected chi connectivity index (χ4v) is 7.16. The number of hydrogen-bond acceptors (Lipinski definition) is 5. The SMILES string of the molecule is CC1CCC2C(C)(C)C(O)CCC2(C)C12Cc1c(O)cc3c(c1O2)OC(O)C3. The second-order valence-electron chi connectivity index (χ2n) is 10.5. The van der Waals surface area contributed by atoms with Gasteiger partial charge in [-0.25, -0.2) is 0 Å². The fourth-order valence-electron chi connectivity index (χ4n) is 7.16. The number of aliphatic hydroxyl groups is 2. The molecule has 0 amide bonds. The predicted octanol–water partition coefficient (Wildman–Crippen LogP) is 3.55. The van der Waals surface area contributed by atoms with Crippen LogP contribution in [-0.2, 0) is 12.8 Å². The van der Waals surface area contributed by atoms with Crippen LogP contribution in [0.5, 0.6) is 17.2 Å². The summed E-state index contributed by atoms with van der Waals surface area (Å²) < 4.78 is 12.5. The van der Waals surface area contributed by atoms with Crippen LogP contribution in [0.4, 0.5) is 0 Å². The van der Waals surface area contributed by atoms with Crippen LogP contribution in [0.2, 0.25) is 0 Å². The van der Waals surface area contributed by atoms with E-state index in [0.29, 0.717) is 36.2 Å². The largest absolute Gasteiger partial charge is 0.508 e. The van der Waals surface area contributed by atoms with Gasteiger partial charge in [0.1, 0.15) is 11.4 Å². The first-order chi connectivity index (χ1) is 13.1. The Morgan fingerprint density at radius 2 is 1.82 bits per heavy atom. The van der Waals surface area contributed by atoms with Crippen LogP contribution in [-0.4, -0.2) is 33.3 Å². The molecule has 28 heavy (non-hydrogen) atoms. The summed E-state index contributed by atoms with van der Waals surface area (Å²) in [4.78, 5) is 0. The van der Waals surface area contributed by atoms with Gasteiger partial charge >= 0.3 is 0 Å². The Bertz CT molecular complexity index is 833. The normalized spacial score (nSPS) is 43.1. The zero-order valence-corrected chi connectivity index (χ0v) is 17.3. The number of hydrogen-bond donors (Lipinski definition) is 3. The summed E-state index contributed by atoms with van der Waals surface area (Å²) in [5.74, 6) is 2.15. The lowest BCUT2D eigenvalue weighted by molar-refractivity contribution is -0.210. The standard InChI is InChI=1S/C23H32O5/c1-12-5-6-16-21(2,3)17(25)7-8-22(16,4)23(12)11-14-15(24)9-13-10-18(26)27-19(13)20(14)28-23/h9,12,16-18,24-26H,5-8,10-11H2,1-4H3. The highest BCUT2D eigenvalue weighted by Crippen LogP contribution is 2.67. The number of benzene rings is 1. The number of fused-ring (bicyclic) bond motifs is 5. The van der Waals surface area contributed by atoms with E-state index in [2.05, 4.69) is 27.7 Å². The smallest absolute Gasteiger partial charge is 0.201 e. The van der Waals surface area contributed by atoms with Crippen molar-refractivity contribution in [3.8, 4) is 17.2 Å². The molecular weight excluding hydrogens is 356 g/mol. The Morgan fingerprint density at radius 3 is 2.57 bits per heavy atom. The average Bonchev–Trinajstić information content (AvgIpc) is 3.19. The van der Waals surface area contributed by atoms with E-state index < -0.39 is 11.9 Å². The highest BCUT2D eigenvalue weighted by Gasteiger charge is 2.67. The van der Waals surface area contributed by atoms with Crippen LogP contribution in [0.1, 0.15) is 64.5 Å². The average molecular weight is 389 g/mol. The molecule has 5 heteroatoms. The van der Waals surface area contributed by atoms with Gasteiger partial charge in [-0.2, -0.15) is 0 Å². The van der Waals surface area contributed by atoms with Crippen molar-refractivity contribution in [2.45, 2.75) is 84.2 Å². The molecule has 2 saturated carbocycles. The number of ether oxygens (including phenoxy) is 2. The molecule has 4 aliphatic rings. The van der Waals surface area contributed by atoms with E-state index in [1.54, 1.807) is 6.07 Å². The van der Waals surface area contributed by atoms with Gasteiger partial charge in [-0.15, -0.1) is 0 Å². The molecular formula is C23H32O5. The Labute approximate surface area is 166 Å². The molecule has 2 aliphatic heterocycles. The highest BCUT2D eigenvalue weighted by atomic mass is 16.6. The van der Waals surface area contributed by atoms with Crippen LogP contribution in [0.25, 0.3) is 0 Å². The molecule has 1 aromatic rings. The molecule has 1 spiro atoms. The molecule has 1 aromatic carbocycles. The van der Waals surface area contributed by atoms with Gasteiger partial charge in [-0.3, -0.25) is 0 Å². The van der Waals surface area contributed by atoms with Gasteiger partial charge in [0.25, 0.3) is 0 Å². The number of aromatic hydroxyl groups is 1. The predicted molar refractivity (Wildman–Crippen MR) is 105 cm³/mol. The molecule has 0 radical (unpaired) electrons. The van der Waals surface area contributed by atoms with E-state index >= 15 is 0 Å². The Hall–Kier alpha value is -1.46. The third-order valence-corrected chi connectivity index (χ3v) is 8.88. The Kier molecular flexibility index (Phi) is 3.69. The van der Waals surface area contributed by atoms with Gasteiger partial charge < -0.3 is 24.8 Å². The molecule has 3 N–H and O–H groups in total. The molecule has 5 nitrogen and oxygen atoms in total. The van der Waals surface area contributed by atoms with Gasteiger partial charge in [0.15, 0.2) is 11.5 Å². The molecule has 0 bridgehead atoms. The van der Waals surface area contributed by atoms with E-state index in [1.807, 2.05) is 0 Å². The van der Waals surface area contributed by atoms with E-state index in [1.165, 1.54) is 0 Å². The third kappa shape index (κ3) is 2.10. The first-order valence-electron chi connectivity index (χ1n) is 10.7. The molecule has 2 heterocycles. The van der Waals surface area contributed by atoms with Gasteiger partial charge in [0.2, 0.25) is 6.29 Å². The summed E-state index contributed by atoms with van der Waals surface area (Å²) in [6.45, 7) is 8.98. The highest BCUT2D eigenvalue weighted by molar-refractivity contribution is 5.62. The fraction of sp³-hybridized carbons (Fsp3) is 0.739. The summed E-state index contributed by atoms with van der Waals surface area (Å²) in [5.41, 5.74) is 0.910. The number of rotatable bonds is 0. The van der Waals surface area contributed by atoms with Crippen LogP contribution >= 0.6 is 0 Å². The van der Waals surface area contributed by atoms with Crippen molar-refractivity contribution in [1.82, 2.24) is 0 Å². The summed E-state index contributed by atoms with van der Waals surface area (Å²) in [6.07, 6.45) is 3.66. The second kappa shape index (κ2) is 5.57. The molecule has 0 aromatic heterocycles. The number of phenols is 1. The van der Waals surface area contributed by atoms with Gasteiger partial charge in [-0.1, -0.05) is 27.7 Å². The first kappa shape index (κ1) is 18.6. The van der Waals surface area contributed by atoms with E-state index in [9.17, 15) is 15.3 Å². The van der Waals surface area contributed by atoms with Crippen LogP contribution < -0.4 is 9.47 Å². The van der Waals surface area contributed by atoms with E-state index in [-0.39, 0.29) is 22.7 Å². The second-order valence-corrected chi connectivity index (χ2v) is 10.5. The summed E-state index contributed by atoms with van der Waals surface area (Å²) >= 11 is 0. The van der Waals surface area contributed by atoms with Crippen molar-refractivity contribution in [3.63, 3.8) is 0 Å². The zero-order chi connectivity index (χ0) is 20.1. The quantitative estimate of drug-likeness (QED) is 0.633. The lowest BCUT2D eigenvalue weighted by Gasteiger charge is -2.64. The van der Waals surface area contributed by atoms with Crippen molar-refractivity contribution in [2.75, 3.05) is 0 Å². The summed E-state index contributed by atoms with van der Waals surface area (Å²) in [5, 5.41) is 31.5. The molecule has 6 atom stereocenters. The number of aliphatic hydroxyl groups excluding tert-OH is 2. The molecule has 154 valence electrons. The first-order valence-corrected chi connectivity index (χ1v) is 10.7. The molecule has 2 aliphatic carbocycles. The summed E-state index contributed by atoms with van der Waals surface area (Å²) in [6, 6.07) is 1.73. The maximum Gasteiger partial charge on any atom is 0.201 e. The van der Waals surface area contributed by atoms with E-state index in [0.717, 1.165) is 36.8 Å². The third-order valence-electron chi connectivity index (χ3n) is 8.88. The lowest BCUT2D eigenvalue weighted by Crippen LogP contribution is -2.66. The molecule has 6 unspecified atom stereocenters. The van der Waals surface area contributed by atoms with Gasteiger partial charge in [-0.05, 0) is 49.0 Å². The van der Waals surface area contributed by atoms with Crippen LogP contribution in [0.3, 0.4) is 0 Å². The minimum atomic E-state index is -0.878. The van der Waals surface area contributed by atoms with Crippen molar-refractivity contribution in [2.24, 2.45) is 22.7 Å².